The average molecular weight is 371 g/mol. The molecule has 7 heteroatoms. The number of Topliss-reactive ketones (excluding diaryl/α,β-unsaturated/α-hetero) is 1. The van der Waals surface area contributed by atoms with Crippen molar-refractivity contribution in [3.8, 4) is 0 Å². The van der Waals surface area contributed by atoms with E-state index in [0.717, 1.165) is 0 Å². The number of hydrogen-bond acceptors (Lipinski definition) is 3. The Morgan fingerprint density at radius 1 is 1.00 bits per heavy atom. The molecule has 0 unspecified atom stereocenters. The first-order valence-corrected chi connectivity index (χ1v) is 8.83. The Kier molecular flexibility index (Phi) is 5.12. The highest BCUT2D eigenvalue weighted by atomic mass is 19.1. The molecule has 0 saturated carbocycles. The van der Waals surface area contributed by atoms with Crippen molar-refractivity contribution in [2.24, 2.45) is 0 Å². The van der Waals surface area contributed by atoms with Crippen LogP contribution in [0.5, 0.6) is 0 Å². The molecule has 27 heavy (non-hydrogen) atoms. The van der Waals surface area contributed by atoms with E-state index >= 15 is 0 Å². The maximum atomic E-state index is 13.3. The first-order chi connectivity index (χ1) is 12.8. The number of amides is 2. The molecule has 1 N–H and O–H groups in total. The number of benzene rings is 1. The number of ketones is 1. The van der Waals surface area contributed by atoms with Crippen molar-refractivity contribution in [2.45, 2.75) is 20.8 Å². The Hall–Kier alpha value is -2.96. The van der Waals surface area contributed by atoms with Crippen molar-refractivity contribution in [1.82, 2.24) is 14.8 Å². The summed E-state index contributed by atoms with van der Waals surface area (Å²) in [7, 11) is 0. The summed E-state index contributed by atoms with van der Waals surface area (Å²) in [5.74, 6) is -0.951. The smallest absolute Gasteiger partial charge is 0.270 e. The van der Waals surface area contributed by atoms with Crippen molar-refractivity contribution in [3.05, 3.63) is 58.2 Å². The van der Waals surface area contributed by atoms with Gasteiger partial charge < -0.3 is 14.8 Å². The number of nitrogens with zero attached hydrogens (tertiary/aromatic N) is 2. The van der Waals surface area contributed by atoms with Crippen LogP contribution in [0.1, 0.15) is 49.4 Å². The number of hydrogen-bond donors (Lipinski definition) is 1. The van der Waals surface area contributed by atoms with E-state index < -0.39 is 5.82 Å². The third-order valence-corrected chi connectivity index (χ3v) is 4.93. The van der Waals surface area contributed by atoms with E-state index in [1.54, 1.807) is 29.7 Å². The van der Waals surface area contributed by atoms with Gasteiger partial charge in [-0.25, -0.2) is 4.39 Å². The SMILES string of the molecule is CC(=O)c1c(C)[nH]c(C(=O)N2CCN(C(=O)c3cccc(F)c3)CC2)c1C. The van der Waals surface area contributed by atoms with Gasteiger partial charge in [0.1, 0.15) is 11.5 Å². The molecule has 0 radical (unpaired) electrons. The Morgan fingerprint density at radius 3 is 2.11 bits per heavy atom. The highest BCUT2D eigenvalue weighted by molar-refractivity contribution is 6.02. The summed E-state index contributed by atoms with van der Waals surface area (Å²) < 4.78 is 13.3. The molecule has 3 rings (SSSR count). The molecule has 0 bridgehead atoms. The average Bonchev–Trinajstić information content (AvgIpc) is 2.95. The lowest BCUT2D eigenvalue weighted by molar-refractivity contribution is 0.0532. The quantitative estimate of drug-likeness (QED) is 0.843. The molecule has 1 fully saturated rings. The lowest BCUT2D eigenvalue weighted by atomic mass is 10.1. The Labute approximate surface area is 157 Å². The van der Waals surface area contributed by atoms with Crippen molar-refractivity contribution in [3.63, 3.8) is 0 Å². The number of halogens is 1. The summed E-state index contributed by atoms with van der Waals surface area (Å²) in [6, 6.07) is 5.60. The topological polar surface area (TPSA) is 73.5 Å². The molecule has 2 heterocycles. The number of aryl methyl sites for hydroxylation is 1. The van der Waals surface area contributed by atoms with Crippen LogP contribution in [0.2, 0.25) is 0 Å². The standard InChI is InChI=1S/C20H22FN3O3/c1-12-17(14(3)25)13(2)22-18(12)20(27)24-9-7-23(8-10-24)19(26)15-5-4-6-16(21)11-15/h4-6,11,22H,7-10H2,1-3H3. The number of carbonyl (C=O) groups is 3. The van der Waals surface area contributed by atoms with Gasteiger partial charge in [0.25, 0.3) is 11.8 Å². The van der Waals surface area contributed by atoms with Crippen LogP contribution in [0.4, 0.5) is 4.39 Å². The number of aromatic amines is 1. The minimum atomic E-state index is -0.450. The second-order valence-electron chi connectivity index (χ2n) is 6.78. The lowest BCUT2D eigenvalue weighted by Gasteiger charge is -2.34. The summed E-state index contributed by atoms with van der Waals surface area (Å²) >= 11 is 0. The summed E-state index contributed by atoms with van der Waals surface area (Å²) in [5.41, 5.74) is 2.61. The van der Waals surface area contributed by atoms with Gasteiger partial charge in [-0.05, 0) is 44.5 Å². The molecule has 1 saturated heterocycles. The van der Waals surface area contributed by atoms with Crippen LogP contribution in [0.25, 0.3) is 0 Å². The molecule has 0 aliphatic carbocycles. The van der Waals surface area contributed by atoms with Gasteiger partial charge in [0.05, 0.1) is 0 Å². The summed E-state index contributed by atoms with van der Waals surface area (Å²) in [4.78, 5) is 43.4. The molecule has 142 valence electrons. The zero-order valence-corrected chi connectivity index (χ0v) is 15.6. The Morgan fingerprint density at radius 2 is 1.59 bits per heavy atom. The van der Waals surface area contributed by atoms with Crippen LogP contribution in [0, 0.1) is 19.7 Å². The van der Waals surface area contributed by atoms with Crippen LogP contribution in [-0.2, 0) is 0 Å². The molecule has 0 spiro atoms. The first kappa shape index (κ1) is 18.8. The van der Waals surface area contributed by atoms with Gasteiger partial charge in [-0.2, -0.15) is 0 Å². The fourth-order valence-electron chi connectivity index (χ4n) is 3.57. The number of piperazine rings is 1. The number of nitrogens with one attached hydrogen (secondary N) is 1. The van der Waals surface area contributed by atoms with Crippen molar-refractivity contribution in [2.75, 3.05) is 26.2 Å². The fourth-order valence-corrected chi connectivity index (χ4v) is 3.57. The molecular formula is C20H22FN3O3. The molecule has 0 atom stereocenters. The molecule has 6 nitrogen and oxygen atoms in total. The van der Waals surface area contributed by atoms with Gasteiger partial charge >= 0.3 is 0 Å². The van der Waals surface area contributed by atoms with Gasteiger partial charge in [-0.1, -0.05) is 6.07 Å². The van der Waals surface area contributed by atoms with E-state index in [0.29, 0.717) is 54.3 Å². The van der Waals surface area contributed by atoms with Crippen molar-refractivity contribution in [1.29, 1.82) is 0 Å². The van der Waals surface area contributed by atoms with E-state index in [9.17, 15) is 18.8 Å². The van der Waals surface area contributed by atoms with Crippen molar-refractivity contribution >= 4 is 17.6 Å². The predicted molar refractivity (Wildman–Crippen MR) is 98.5 cm³/mol. The van der Waals surface area contributed by atoms with Crippen LogP contribution >= 0.6 is 0 Å². The molecule has 1 aliphatic heterocycles. The third kappa shape index (κ3) is 3.63. The normalized spacial score (nSPS) is 14.4. The number of carbonyl (C=O) groups excluding carboxylic acids is 3. The number of H-pyrrole nitrogens is 1. The largest absolute Gasteiger partial charge is 0.354 e. The molecule has 2 aromatic rings. The van der Waals surface area contributed by atoms with Crippen LogP contribution in [-0.4, -0.2) is 58.6 Å². The minimum absolute atomic E-state index is 0.0780. The highest BCUT2D eigenvalue weighted by Gasteiger charge is 2.28. The van der Waals surface area contributed by atoms with E-state index in [4.69, 9.17) is 0 Å². The van der Waals surface area contributed by atoms with Crippen molar-refractivity contribution < 1.29 is 18.8 Å². The first-order valence-electron chi connectivity index (χ1n) is 8.83. The second-order valence-corrected chi connectivity index (χ2v) is 6.78. The molecule has 1 aromatic carbocycles. The fraction of sp³-hybridized carbons (Fsp3) is 0.350. The minimum Gasteiger partial charge on any atom is -0.354 e. The molecule has 2 amide bonds. The van der Waals surface area contributed by atoms with Gasteiger partial charge in [0.15, 0.2) is 5.78 Å². The van der Waals surface area contributed by atoms with Gasteiger partial charge in [-0.3, -0.25) is 14.4 Å². The molecular weight excluding hydrogens is 349 g/mol. The van der Waals surface area contributed by atoms with Gasteiger partial charge in [0.2, 0.25) is 0 Å². The number of rotatable bonds is 3. The summed E-state index contributed by atoms with van der Waals surface area (Å²) in [6.45, 7) is 6.53. The number of aromatic nitrogens is 1. The maximum Gasteiger partial charge on any atom is 0.270 e. The Balaban J connectivity index is 1.69. The second kappa shape index (κ2) is 7.34. The zero-order valence-electron chi connectivity index (χ0n) is 15.6. The lowest BCUT2D eigenvalue weighted by Crippen LogP contribution is -2.50. The van der Waals surface area contributed by atoms with Crippen LogP contribution in [0.3, 0.4) is 0 Å². The molecule has 1 aliphatic rings. The van der Waals surface area contributed by atoms with E-state index in [1.165, 1.54) is 25.1 Å². The van der Waals surface area contributed by atoms with Gasteiger partial charge in [0, 0.05) is 43.0 Å². The van der Waals surface area contributed by atoms with Crippen LogP contribution < -0.4 is 0 Å². The maximum absolute atomic E-state index is 13.3. The van der Waals surface area contributed by atoms with Gasteiger partial charge in [-0.15, -0.1) is 0 Å². The Bertz CT molecular complexity index is 911. The van der Waals surface area contributed by atoms with E-state index in [2.05, 4.69) is 4.98 Å². The summed E-state index contributed by atoms with van der Waals surface area (Å²) in [5, 5.41) is 0. The van der Waals surface area contributed by atoms with E-state index in [-0.39, 0.29) is 17.6 Å². The third-order valence-electron chi connectivity index (χ3n) is 4.93. The molecule has 1 aromatic heterocycles. The highest BCUT2D eigenvalue weighted by Crippen LogP contribution is 2.21. The zero-order chi connectivity index (χ0) is 19.7. The van der Waals surface area contributed by atoms with Crippen LogP contribution in [0.15, 0.2) is 24.3 Å². The monoisotopic (exact) mass is 371 g/mol. The summed E-state index contributed by atoms with van der Waals surface area (Å²) in [6.07, 6.45) is 0. The van der Waals surface area contributed by atoms with E-state index in [1.807, 2.05) is 0 Å². The predicted octanol–water partition coefficient (Wildman–Crippen LogP) is 2.57.